The Balaban J connectivity index is 2.26. The molecule has 1 unspecified atom stereocenters. The van der Waals surface area contributed by atoms with E-state index in [4.69, 9.17) is 10.5 Å². The fourth-order valence-corrected chi connectivity index (χ4v) is 2.31. The van der Waals surface area contributed by atoms with Crippen molar-refractivity contribution in [1.82, 2.24) is 0 Å². The van der Waals surface area contributed by atoms with Crippen LogP contribution in [0.15, 0.2) is 28.7 Å². The molecule has 0 saturated heterocycles. The van der Waals surface area contributed by atoms with Gasteiger partial charge in [0.25, 0.3) is 0 Å². The maximum Gasteiger partial charge on any atom is 0.323 e. The lowest BCUT2D eigenvalue weighted by Gasteiger charge is -2.21. The van der Waals surface area contributed by atoms with E-state index in [0.29, 0.717) is 0 Å². The first kappa shape index (κ1) is 11.6. The second kappa shape index (κ2) is 4.18. The minimum Gasteiger partial charge on any atom is -0.468 e. The molecular weight excluding hydrogens is 270 g/mol. The molecule has 1 aromatic rings. The minimum absolute atomic E-state index is 0.201. The van der Waals surface area contributed by atoms with Crippen molar-refractivity contribution < 1.29 is 9.53 Å². The summed E-state index contributed by atoms with van der Waals surface area (Å²) in [5.41, 5.74) is 6.87. The molecule has 2 N–H and O–H groups in total. The number of rotatable bonds is 3. The van der Waals surface area contributed by atoms with Gasteiger partial charge in [0.05, 0.1) is 7.11 Å². The average molecular weight is 284 g/mol. The average Bonchev–Trinajstić information content (AvgIpc) is 3.09. The molecule has 1 fully saturated rings. The van der Waals surface area contributed by atoms with Gasteiger partial charge in [0, 0.05) is 9.89 Å². The normalized spacial score (nSPS) is 18.9. The van der Waals surface area contributed by atoms with Gasteiger partial charge in [-0.3, -0.25) is 4.79 Å². The fraction of sp³-hybridized carbons (Fsp3) is 0.417. The zero-order chi connectivity index (χ0) is 11.8. The van der Waals surface area contributed by atoms with Gasteiger partial charge in [-0.15, -0.1) is 0 Å². The fourth-order valence-electron chi connectivity index (χ4n) is 2.05. The highest BCUT2D eigenvalue weighted by atomic mass is 79.9. The zero-order valence-corrected chi connectivity index (χ0v) is 10.7. The number of esters is 1. The van der Waals surface area contributed by atoms with E-state index in [9.17, 15) is 4.79 Å². The molecule has 1 aliphatic rings. The van der Waals surface area contributed by atoms with Crippen molar-refractivity contribution >= 4 is 21.9 Å². The highest BCUT2D eigenvalue weighted by Gasteiger charge is 2.52. The highest BCUT2D eigenvalue weighted by molar-refractivity contribution is 9.10. The van der Waals surface area contributed by atoms with Crippen LogP contribution in [0, 0.1) is 0 Å². The first-order chi connectivity index (χ1) is 7.60. The number of carbonyl (C=O) groups is 1. The quantitative estimate of drug-likeness (QED) is 0.863. The Morgan fingerprint density at radius 1 is 1.44 bits per heavy atom. The Bertz CT molecular complexity index is 398. The van der Waals surface area contributed by atoms with Gasteiger partial charge < -0.3 is 10.5 Å². The standard InChI is InChI=1S/C12H14BrNO2/c1-16-11(15)10(14)12(6-7-12)8-2-4-9(13)5-3-8/h2-5,10H,6-7,14H2,1H3. The summed E-state index contributed by atoms with van der Waals surface area (Å²) >= 11 is 3.39. The van der Waals surface area contributed by atoms with Gasteiger partial charge in [0.1, 0.15) is 6.04 Å². The summed E-state index contributed by atoms with van der Waals surface area (Å²) in [4.78, 5) is 11.5. The van der Waals surface area contributed by atoms with Crippen molar-refractivity contribution in [2.24, 2.45) is 5.73 Å². The van der Waals surface area contributed by atoms with Crippen molar-refractivity contribution in [2.45, 2.75) is 24.3 Å². The van der Waals surface area contributed by atoms with E-state index >= 15 is 0 Å². The van der Waals surface area contributed by atoms with Gasteiger partial charge in [0.15, 0.2) is 0 Å². The molecule has 0 spiro atoms. The monoisotopic (exact) mass is 283 g/mol. The molecule has 0 heterocycles. The van der Waals surface area contributed by atoms with Crippen LogP contribution in [0.1, 0.15) is 18.4 Å². The second-order valence-electron chi connectivity index (χ2n) is 4.16. The Morgan fingerprint density at radius 2 is 2.00 bits per heavy atom. The third-order valence-corrected chi connectivity index (χ3v) is 3.79. The maximum absolute atomic E-state index is 11.5. The van der Waals surface area contributed by atoms with E-state index in [1.165, 1.54) is 7.11 Å². The molecule has 0 aromatic heterocycles. The highest BCUT2D eigenvalue weighted by Crippen LogP contribution is 2.50. The van der Waals surface area contributed by atoms with Crippen LogP contribution in [0.5, 0.6) is 0 Å². The van der Waals surface area contributed by atoms with Crippen molar-refractivity contribution in [3.05, 3.63) is 34.3 Å². The minimum atomic E-state index is -0.557. The molecule has 1 saturated carbocycles. The number of hydrogen-bond acceptors (Lipinski definition) is 3. The maximum atomic E-state index is 11.5. The van der Waals surface area contributed by atoms with Crippen molar-refractivity contribution in [3.63, 3.8) is 0 Å². The molecule has 86 valence electrons. The molecule has 2 rings (SSSR count). The number of carbonyl (C=O) groups excluding carboxylic acids is 1. The smallest absolute Gasteiger partial charge is 0.323 e. The summed E-state index contributed by atoms with van der Waals surface area (Å²) in [6.07, 6.45) is 1.90. The van der Waals surface area contributed by atoms with E-state index in [2.05, 4.69) is 15.9 Å². The lowest BCUT2D eigenvalue weighted by atomic mass is 9.88. The van der Waals surface area contributed by atoms with Gasteiger partial charge in [-0.05, 0) is 30.5 Å². The molecule has 0 radical (unpaired) electrons. The molecule has 0 bridgehead atoms. The van der Waals surface area contributed by atoms with Crippen LogP contribution in [0.2, 0.25) is 0 Å². The van der Waals surface area contributed by atoms with E-state index in [1.54, 1.807) is 0 Å². The molecule has 0 amide bonds. The molecule has 1 aromatic carbocycles. The number of halogens is 1. The predicted molar refractivity (Wildman–Crippen MR) is 65.0 cm³/mol. The van der Waals surface area contributed by atoms with E-state index in [-0.39, 0.29) is 11.4 Å². The van der Waals surface area contributed by atoms with Crippen molar-refractivity contribution in [1.29, 1.82) is 0 Å². The molecule has 16 heavy (non-hydrogen) atoms. The molecule has 1 atom stereocenters. The first-order valence-electron chi connectivity index (χ1n) is 5.19. The first-order valence-corrected chi connectivity index (χ1v) is 5.99. The summed E-state index contributed by atoms with van der Waals surface area (Å²) in [6, 6.07) is 7.41. The Morgan fingerprint density at radius 3 is 2.44 bits per heavy atom. The molecule has 0 aliphatic heterocycles. The van der Waals surface area contributed by atoms with Crippen LogP contribution in [-0.4, -0.2) is 19.1 Å². The largest absolute Gasteiger partial charge is 0.468 e. The lowest BCUT2D eigenvalue weighted by molar-refractivity contribution is -0.143. The molecular formula is C12H14BrNO2. The third-order valence-electron chi connectivity index (χ3n) is 3.26. The van der Waals surface area contributed by atoms with Crippen LogP contribution in [0.4, 0.5) is 0 Å². The number of benzene rings is 1. The molecule has 4 heteroatoms. The predicted octanol–water partition coefficient (Wildman–Crippen LogP) is 1.98. The third kappa shape index (κ3) is 1.87. The summed E-state index contributed by atoms with van der Waals surface area (Å²) in [6.45, 7) is 0. The Labute approximate surface area is 103 Å². The Kier molecular flexibility index (Phi) is 3.04. The number of methoxy groups -OCH3 is 1. The van der Waals surface area contributed by atoms with Crippen LogP contribution in [0.25, 0.3) is 0 Å². The molecule has 3 nitrogen and oxygen atoms in total. The van der Waals surface area contributed by atoms with Gasteiger partial charge in [-0.2, -0.15) is 0 Å². The van der Waals surface area contributed by atoms with Gasteiger partial charge >= 0.3 is 5.97 Å². The SMILES string of the molecule is COC(=O)C(N)C1(c2ccc(Br)cc2)CC1. The topological polar surface area (TPSA) is 52.3 Å². The van der Waals surface area contributed by atoms with Gasteiger partial charge in [-0.25, -0.2) is 0 Å². The number of hydrogen-bond donors (Lipinski definition) is 1. The summed E-state index contributed by atoms with van der Waals surface area (Å²) in [7, 11) is 1.37. The van der Waals surface area contributed by atoms with Crippen LogP contribution < -0.4 is 5.73 Å². The second-order valence-corrected chi connectivity index (χ2v) is 5.08. The van der Waals surface area contributed by atoms with E-state index in [0.717, 1.165) is 22.9 Å². The Hall–Kier alpha value is -0.870. The lowest BCUT2D eigenvalue weighted by Crippen LogP contribution is -2.42. The summed E-state index contributed by atoms with van der Waals surface area (Å²) in [5.74, 6) is -0.333. The summed E-state index contributed by atoms with van der Waals surface area (Å²) < 4.78 is 5.74. The zero-order valence-electron chi connectivity index (χ0n) is 9.07. The van der Waals surface area contributed by atoms with Gasteiger partial charge in [0.2, 0.25) is 0 Å². The van der Waals surface area contributed by atoms with E-state index in [1.807, 2.05) is 24.3 Å². The number of nitrogens with two attached hydrogens (primary N) is 1. The van der Waals surface area contributed by atoms with Crippen molar-refractivity contribution in [3.8, 4) is 0 Å². The van der Waals surface area contributed by atoms with Crippen molar-refractivity contribution in [2.75, 3.05) is 7.11 Å². The number of ether oxygens (including phenoxy) is 1. The van der Waals surface area contributed by atoms with Crippen LogP contribution in [-0.2, 0) is 14.9 Å². The molecule has 1 aliphatic carbocycles. The summed E-state index contributed by atoms with van der Waals surface area (Å²) in [5, 5.41) is 0. The van der Waals surface area contributed by atoms with Gasteiger partial charge in [-0.1, -0.05) is 28.1 Å². The van der Waals surface area contributed by atoms with Crippen LogP contribution >= 0.6 is 15.9 Å². The van der Waals surface area contributed by atoms with E-state index < -0.39 is 6.04 Å². The van der Waals surface area contributed by atoms with Crippen LogP contribution in [0.3, 0.4) is 0 Å².